The Labute approximate surface area is 166 Å². The van der Waals surface area contributed by atoms with E-state index in [2.05, 4.69) is 44.1 Å². The van der Waals surface area contributed by atoms with Gasteiger partial charge in [-0.25, -0.2) is 9.97 Å². The number of hydrogen-bond acceptors (Lipinski definition) is 7. The summed E-state index contributed by atoms with van der Waals surface area (Å²) in [6, 6.07) is 4.33. The van der Waals surface area contributed by atoms with Crippen LogP contribution in [0.25, 0.3) is 0 Å². The minimum Gasteiger partial charge on any atom is -0.378 e. The van der Waals surface area contributed by atoms with Crippen molar-refractivity contribution < 1.29 is 4.74 Å². The van der Waals surface area contributed by atoms with E-state index in [1.165, 1.54) is 24.9 Å². The zero-order valence-corrected chi connectivity index (χ0v) is 16.5. The Hall–Kier alpha value is -2.41. The number of anilines is 4. The van der Waals surface area contributed by atoms with Gasteiger partial charge < -0.3 is 19.9 Å². The number of nitrogens with one attached hydrogen (secondary N) is 1. The Morgan fingerprint density at radius 2 is 1.82 bits per heavy atom. The van der Waals surface area contributed by atoms with Gasteiger partial charge in [-0.1, -0.05) is 6.92 Å². The van der Waals surface area contributed by atoms with Crippen LogP contribution in [0.5, 0.6) is 0 Å². The van der Waals surface area contributed by atoms with Gasteiger partial charge in [0.1, 0.15) is 17.5 Å². The molecular weight excluding hydrogens is 352 g/mol. The number of rotatable bonds is 5. The van der Waals surface area contributed by atoms with Gasteiger partial charge in [-0.3, -0.25) is 4.98 Å². The topological polar surface area (TPSA) is 66.4 Å². The van der Waals surface area contributed by atoms with Crippen LogP contribution in [-0.2, 0) is 4.74 Å². The van der Waals surface area contributed by atoms with Crippen molar-refractivity contribution in [2.75, 3.05) is 54.5 Å². The molecule has 0 amide bonds. The number of aromatic nitrogens is 3. The average molecular weight is 380 g/mol. The largest absolute Gasteiger partial charge is 0.378 e. The van der Waals surface area contributed by atoms with E-state index in [9.17, 15) is 0 Å². The van der Waals surface area contributed by atoms with E-state index in [0.717, 1.165) is 62.5 Å². The molecule has 0 bridgehead atoms. The van der Waals surface area contributed by atoms with Gasteiger partial charge in [-0.2, -0.15) is 0 Å². The molecule has 0 radical (unpaired) electrons. The van der Waals surface area contributed by atoms with Crippen LogP contribution in [0.15, 0.2) is 24.5 Å². The molecule has 0 spiro atoms. The molecule has 7 nitrogen and oxygen atoms in total. The molecule has 2 aromatic heterocycles. The Kier molecular flexibility index (Phi) is 4.76. The van der Waals surface area contributed by atoms with Crippen LogP contribution in [-0.4, -0.2) is 54.3 Å². The van der Waals surface area contributed by atoms with Crippen molar-refractivity contribution in [2.45, 2.75) is 32.1 Å². The minimum atomic E-state index is 0.619. The predicted molar refractivity (Wildman–Crippen MR) is 111 cm³/mol. The highest BCUT2D eigenvalue weighted by Gasteiger charge is 2.25. The van der Waals surface area contributed by atoms with Crippen molar-refractivity contribution in [3.8, 4) is 0 Å². The molecule has 4 heterocycles. The molecule has 148 valence electrons. The summed E-state index contributed by atoms with van der Waals surface area (Å²) in [5.74, 6) is 3.95. The zero-order valence-electron chi connectivity index (χ0n) is 16.5. The fourth-order valence-corrected chi connectivity index (χ4v) is 4.00. The number of nitrogens with zero attached hydrogens (tertiary/aromatic N) is 5. The summed E-state index contributed by atoms with van der Waals surface area (Å²) >= 11 is 0. The molecule has 1 N–H and O–H groups in total. The Balaban J connectivity index is 1.41. The SMILES string of the molecule is CC1CCN(c2cc(N3CCOCC3)cc(Nc3cnc(C4CC4)cn3)n2)C1. The molecule has 0 aromatic carbocycles. The predicted octanol–water partition coefficient (Wildman–Crippen LogP) is 3.18. The van der Waals surface area contributed by atoms with E-state index >= 15 is 0 Å². The fourth-order valence-electron chi connectivity index (χ4n) is 4.00. The van der Waals surface area contributed by atoms with Gasteiger partial charge in [0.15, 0.2) is 0 Å². The van der Waals surface area contributed by atoms with Crippen molar-refractivity contribution in [2.24, 2.45) is 5.92 Å². The average Bonchev–Trinajstić information content (AvgIpc) is 3.49. The zero-order chi connectivity index (χ0) is 18.9. The maximum Gasteiger partial charge on any atom is 0.150 e. The lowest BCUT2D eigenvalue weighted by molar-refractivity contribution is 0.122. The second kappa shape index (κ2) is 7.54. The monoisotopic (exact) mass is 380 g/mol. The standard InChI is InChI=1S/C21H28N6O/c1-15-4-5-27(14-15)21-11-17(26-6-8-28-9-7-26)10-19(25-21)24-20-13-22-18(12-23-20)16-2-3-16/h10-13,15-16H,2-9,14H2,1H3,(H,23,24,25). The molecular formula is C21H28N6O. The van der Waals surface area contributed by atoms with Gasteiger partial charge in [-0.15, -0.1) is 0 Å². The van der Waals surface area contributed by atoms with Gasteiger partial charge in [0.05, 0.1) is 31.3 Å². The Morgan fingerprint density at radius 3 is 2.50 bits per heavy atom. The summed E-state index contributed by atoms with van der Waals surface area (Å²) in [7, 11) is 0. The smallest absolute Gasteiger partial charge is 0.150 e. The fraction of sp³-hybridized carbons (Fsp3) is 0.571. The van der Waals surface area contributed by atoms with Crippen LogP contribution < -0.4 is 15.1 Å². The highest BCUT2D eigenvalue weighted by atomic mass is 16.5. The number of ether oxygens (including phenoxy) is 1. The Morgan fingerprint density at radius 1 is 0.964 bits per heavy atom. The van der Waals surface area contributed by atoms with Crippen LogP contribution in [0.2, 0.25) is 0 Å². The van der Waals surface area contributed by atoms with Crippen LogP contribution in [0.4, 0.5) is 23.1 Å². The van der Waals surface area contributed by atoms with E-state index < -0.39 is 0 Å². The molecule has 1 unspecified atom stereocenters. The molecule has 1 aliphatic carbocycles. The van der Waals surface area contributed by atoms with Gasteiger partial charge >= 0.3 is 0 Å². The molecule has 5 rings (SSSR count). The molecule has 2 aliphatic heterocycles. The number of pyridine rings is 1. The van der Waals surface area contributed by atoms with Gasteiger partial charge in [0.25, 0.3) is 0 Å². The van der Waals surface area contributed by atoms with Crippen molar-refractivity contribution in [3.63, 3.8) is 0 Å². The van der Waals surface area contributed by atoms with E-state index in [-0.39, 0.29) is 0 Å². The van der Waals surface area contributed by atoms with Gasteiger partial charge in [-0.05, 0) is 25.2 Å². The first-order valence-electron chi connectivity index (χ1n) is 10.4. The van der Waals surface area contributed by atoms with Gasteiger partial charge in [0.2, 0.25) is 0 Å². The molecule has 1 atom stereocenters. The third kappa shape index (κ3) is 3.90. The summed E-state index contributed by atoms with van der Waals surface area (Å²) < 4.78 is 5.53. The normalized spacial score (nSPS) is 22.5. The highest BCUT2D eigenvalue weighted by molar-refractivity contribution is 5.65. The third-order valence-electron chi connectivity index (χ3n) is 5.84. The molecule has 1 saturated carbocycles. The first-order chi connectivity index (χ1) is 13.7. The van der Waals surface area contributed by atoms with Crippen molar-refractivity contribution in [3.05, 3.63) is 30.2 Å². The number of hydrogen-bond donors (Lipinski definition) is 1. The van der Waals surface area contributed by atoms with Gasteiger partial charge in [0, 0.05) is 49.9 Å². The molecule has 7 heteroatoms. The maximum absolute atomic E-state index is 5.53. The second-order valence-electron chi connectivity index (χ2n) is 8.23. The maximum atomic E-state index is 5.53. The molecule has 28 heavy (non-hydrogen) atoms. The molecule has 2 aromatic rings. The quantitative estimate of drug-likeness (QED) is 0.854. The van der Waals surface area contributed by atoms with E-state index in [4.69, 9.17) is 9.72 Å². The van der Waals surface area contributed by atoms with Crippen LogP contribution in [0.1, 0.15) is 37.8 Å². The summed E-state index contributed by atoms with van der Waals surface area (Å²) in [4.78, 5) is 18.8. The van der Waals surface area contributed by atoms with Crippen molar-refractivity contribution in [1.29, 1.82) is 0 Å². The first kappa shape index (κ1) is 17.7. The van der Waals surface area contributed by atoms with Crippen molar-refractivity contribution in [1.82, 2.24) is 15.0 Å². The van der Waals surface area contributed by atoms with E-state index in [1.807, 2.05) is 12.4 Å². The summed E-state index contributed by atoms with van der Waals surface area (Å²) in [6.45, 7) is 7.81. The Bertz CT molecular complexity index is 793. The lowest BCUT2D eigenvalue weighted by atomic mass is 10.2. The second-order valence-corrected chi connectivity index (χ2v) is 8.23. The van der Waals surface area contributed by atoms with E-state index in [1.54, 1.807) is 0 Å². The number of morpholine rings is 1. The first-order valence-corrected chi connectivity index (χ1v) is 10.4. The molecule has 3 fully saturated rings. The molecule has 3 aliphatic rings. The van der Waals surface area contributed by atoms with Crippen molar-refractivity contribution >= 4 is 23.1 Å². The lowest BCUT2D eigenvalue weighted by Crippen LogP contribution is -2.36. The summed E-state index contributed by atoms with van der Waals surface area (Å²) in [5, 5.41) is 3.38. The lowest BCUT2D eigenvalue weighted by Gasteiger charge is -2.30. The van der Waals surface area contributed by atoms with Crippen LogP contribution in [0.3, 0.4) is 0 Å². The van der Waals surface area contributed by atoms with Crippen LogP contribution in [0, 0.1) is 5.92 Å². The highest BCUT2D eigenvalue weighted by Crippen LogP contribution is 2.38. The minimum absolute atomic E-state index is 0.619. The third-order valence-corrected chi connectivity index (χ3v) is 5.84. The summed E-state index contributed by atoms with van der Waals surface area (Å²) in [6.07, 6.45) is 7.42. The summed E-state index contributed by atoms with van der Waals surface area (Å²) in [5.41, 5.74) is 2.30. The van der Waals surface area contributed by atoms with Crippen LogP contribution >= 0.6 is 0 Å². The van der Waals surface area contributed by atoms with E-state index in [0.29, 0.717) is 11.8 Å². The molecule has 2 saturated heterocycles.